The van der Waals surface area contributed by atoms with Crippen LogP contribution in [0.5, 0.6) is 0 Å². The third kappa shape index (κ3) is 6.14. The number of aryl methyl sites for hydroxylation is 1. The molecule has 0 atom stereocenters. The molecule has 29 heavy (non-hydrogen) atoms. The van der Waals surface area contributed by atoms with Crippen LogP contribution in [0.1, 0.15) is 69.4 Å². The van der Waals surface area contributed by atoms with Gasteiger partial charge < -0.3 is 10.6 Å². The molecule has 0 spiro atoms. The second-order valence-electron chi connectivity index (χ2n) is 7.97. The number of rotatable bonds is 5. The van der Waals surface area contributed by atoms with Crippen LogP contribution < -0.4 is 16.1 Å². The van der Waals surface area contributed by atoms with Crippen molar-refractivity contribution in [3.63, 3.8) is 0 Å². The van der Waals surface area contributed by atoms with Gasteiger partial charge in [0.2, 0.25) is 5.91 Å². The summed E-state index contributed by atoms with van der Waals surface area (Å²) in [4.78, 5) is 36.2. The third-order valence-corrected chi connectivity index (χ3v) is 5.58. The highest BCUT2D eigenvalue weighted by Crippen LogP contribution is 2.27. The summed E-state index contributed by atoms with van der Waals surface area (Å²) in [6.45, 7) is 1.65. The number of amides is 3. The van der Waals surface area contributed by atoms with E-state index in [-0.39, 0.29) is 18.4 Å². The molecule has 7 nitrogen and oxygen atoms in total. The lowest BCUT2D eigenvalue weighted by Gasteiger charge is -2.22. The summed E-state index contributed by atoms with van der Waals surface area (Å²) in [5, 5.41) is 9.60. The van der Waals surface area contributed by atoms with E-state index in [1.807, 2.05) is 12.1 Å². The van der Waals surface area contributed by atoms with Crippen molar-refractivity contribution in [2.75, 3.05) is 5.32 Å². The van der Waals surface area contributed by atoms with Crippen LogP contribution in [0.4, 0.5) is 5.69 Å². The quantitative estimate of drug-likeness (QED) is 0.404. The highest BCUT2D eigenvalue weighted by Gasteiger charge is 2.20. The average molecular weight is 399 g/mol. The molecule has 1 fully saturated rings. The van der Waals surface area contributed by atoms with Crippen LogP contribution >= 0.6 is 0 Å². The summed E-state index contributed by atoms with van der Waals surface area (Å²) < 4.78 is 0. The van der Waals surface area contributed by atoms with Crippen molar-refractivity contribution in [3.8, 4) is 0 Å². The maximum absolute atomic E-state index is 12.4. The van der Waals surface area contributed by atoms with Gasteiger partial charge in [-0.15, -0.1) is 0 Å². The van der Waals surface area contributed by atoms with E-state index in [1.54, 1.807) is 6.92 Å². The summed E-state index contributed by atoms with van der Waals surface area (Å²) >= 11 is 0. The van der Waals surface area contributed by atoms with E-state index in [1.165, 1.54) is 24.0 Å². The fraction of sp³-hybridized carbons (Fsp3) is 0.545. The Morgan fingerprint density at radius 2 is 1.76 bits per heavy atom. The van der Waals surface area contributed by atoms with E-state index in [0.29, 0.717) is 5.71 Å². The number of carbonyl (C=O) groups is 3. The van der Waals surface area contributed by atoms with Crippen LogP contribution in [0, 0.1) is 0 Å². The van der Waals surface area contributed by atoms with Gasteiger partial charge in [0, 0.05) is 17.4 Å². The Bertz CT molecular complexity index is 797. The Balaban J connectivity index is 1.47. The molecule has 2 aliphatic carbocycles. The molecule has 0 unspecified atom stereocenters. The van der Waals surface area contributed by atoms with E-state index in [0.717, 1.165) is 50.6 Å². The zero-order valence-electron chi connectivity index (χ0n) is 17.1. The van der Waals surface area contributed by atoms with Crippen molar-refractivity contribution < 1.29 is 14.4 Å². The molecular weight excluding hydrogens is 368 g/mol. The van der Waals surface area contributed by atoms with Crippen molar-refractivity contribution in [3.05, 3.63) is 29.3 Å². The molecule has 0 aromatic heterocycles. The summed E-state index contributed by atoms with van der Waals surface area (Å²) in [5.41, 5.74) is 6.06. The molecule has 7 heteroatoms. The fourth-order valence-corrected chi connectivity index (χ4v) is 4.06. The topological polar surface area (TPSA) is 99.7 Å². The molecule has 2 aliphatic rings. The summed E-state index contributed by atoms with van der Waals surface area (Å²) in [7, 11) is 0. The van der Waals surface area contributed by atoms with Gasteiger partial charge in [-0.2, -0.15) is 5.10 Å². The first-order valence-electron chi connectivity index (χ1n) is 10.6. The molecule has 0 heterocycles. The Hall–Kier alpha value is -2.70. The maximum atomic E-state index is 12.4. The molecule has 0 saturated heterocycles. The monoisotopic (exact) mass is 398 g/mol. The molecule has 3 rings (SSSR count). The summed E-state index contributed by atoms with van der Waals surface area (Å²) in [6.07, 6.45) is 9.53. The molecule has 1 aromatic rings. The Morgan fingerprint density at radius 3 is 2.55 bits per heavy atom. The van der Waals surface area contributed by atoms with Gasteiger partial charge >= 0.3 is 11.8 Å². The second kappa shape index (κ2) is 10.2. The number of benzene rings is 1. The predicted molar refractivity (Wildman–Crippen MR) is 113 cm³/mol. The minimum absolute atomic E-state index is 0.0498. The van der Waals surface area contributed by atoms with Crippen LogP contribution in [0.3, 0.4) is 0 Å². The normalized spacial score (nSPS) is 17.2. The molecule has 3 amide bonds. The minimum Gasteiger partial charge on any atom is -0.345 e. The first-order chi connectivity index (χ1) is 14.0. The van der Waals surface area contributed by atoms with Gasteiger partial charge in [-0.05, 0) is 62.6 Å². The van der Waals surface area contributed by atoms with Gasteiger partial charge in [0.1, 0.15) is 0 Å². The highest BCUT2D eigenvalue weighted by atomic mass is 16.2. The van der Waals surface area contributed by atoms with E-state index < -0.39 is 11.8 Å². The zero-order chi connectivity index (χ0) is 20.6. The first-order valence-corrected chi connectivity index (χ1v) is 10.6. The van der Waals surface area contributed by atoms with Gasteiger partial charge in [0.05, 0.1) is 6.42 Å². The van der Waals surface area contributed by atoms with E-state index in [9.17, 15) is 14.4 Å². The van der Waals surface area contributed by atoms with Crippen molar-refractivity contribution in [1.82, 2.24) is 10.7 Å². The zero-order valence-corrected chi connectivity index (χ0v) is 17.1. The molecule has 3 N–H and O–H groups in total. The van der Waals surface area contributed by atoms with Crippen molar-refractivity contribution >= 4 is 29.1 Å². The van der Waals surface area contributed by atoms with Gasteiger partial charge in [-0.3, -0.25) is 14.4 Å². The standard InChI is InChI=1S/C22H30N4O3/c1-15(25-26-22(29)21(28)23-17-10-3-2-4-11-17)14-20(27)24-19-13-7-9-16-8-5-6-12-18(16)19/h7,9,13,17H,2-6,8,10-12,14H2,1H3,(H,23,28)(H,24,27)(H,26,29). The molecule has 0 radical (unpaired) electrons. The third-order valence-electron chi connectivity index (χ3n) is 5.58. The number of hydrogen-bond acceptors (Lipinski definition) is 4. The van der Waals surface area contributed by atoms with Crippen molar-refractivity contribution in [2.24, 2.45) is 5.10 Å². The van der Waals surface area contributed by atoms with E-state index >= 15 is 0 Å². The Morgan fingerprint density at radius 1 is 1.00 bits per heavy atom. The molecule has 0 aliphatic heterocycles. The summed E-state index contributed by atoms with van der Waals surface area (Å²) in [5.74, 6) is -1.66. The summed E-state index contributed by atoms with van der Waals surface area (Å²) in [6, 6.07) is 6.07. The predicted octanol–water partition coefficient (Wildman–Crippen LogP) is 2.84. The van der Waals surface area contributed by atoms with Crippen LogP contribution in [0.2, 0.25) is 0 Å². The Kier molecular flexibility index (Phi) is 7.38. The second-order valence-corrected chi connectivity index (χ2v) is 7.97. The lowest BCUT2D eigenvalue weighted by molar-refractivity contribution is -0.139. The van der Waals surface area contributed by atoms with Gasteiger partial charge in [0.15, 0.2) is 0 Å². The number of carbonyl (C=O) groups excluding carboxylic acids is 3. The molecular formula is C22H30N4O3. The van der Waals surface area contributed by atoms with E-state index in [2.05, 4.69) is 27.2 Å². The number of fused-ring (bicyclic) bond motifs is 1. The average Bonchev–Trinajstić information content (AvgIpc) is 2.73. The minimum atomic E-state index is -0.799. The van der Waals surface area contributed by atoms with Crippen LogP contribution in [-0.2, 0) is 27.2 Å². The molecule has 156 valence electrons. The largest absolute Gasteiger partial charge is 0.345 e. The lowest BCUT2D eigenvalue weighted by Crippen LogP contribution is -2.44. The number of hydrogen-bond donors (Lipinski definition) is 3. The Labute approximate surface area is 171 Å². The van der Waals surface area contributed by atoms with Gasteiger partial charge in [-0.25, -0.2) is 5.43 Å². The molecule has 1 aromatic carbocycles. The van der Waals surface area contributed by atoms with Crippen molar-refractivity contribution in [2.45, 2.75) is 77.2 Å². The molecule has 1 saturated carbocycles. The number of anilines is 1. The fourth-order valence-electron chi connectivity index (χ4n) is 4.06. The maximum Gasteiger partial charge on any atom is 0.329 e. The number of nitrogens with one attached hydrogen (secondary N) is 3. The first kappa shape index (κ1) is 21.0. The van der Waals surface area contributed by atoms with Crippen molar-refractivity contribution in [1.29, 1.82) is 0 Å². The van der Waals surface area contributed by atoms with Crippen LogP contribution in [0.15, 0.2) is 23.3 Å². The molecule has 0 bridgehead atoms. The SMILES string of the molecule is CC(CC(=O)Nc1cccc2c1CCCC2)=NNC(=O)C(=O)NC1CCCCC1. The lowest BCUT2D eigenvalue weighted by atomic mass is 9.90. The van der Waals surface area contributed by atoms with Crippen LogP contribution in [-0.4, -0.2) is 29.5 Å². The highest BCUT2D eigenvalue weighted by molar-refractivity contribution is 6.35. The number of hydrazone groups is 1. The van der Waals surface area contributed by atoms with Gasteiger partial charge in [-0.1, -0.05) is 31.4 Å². The van der Waals surface area contributed by atoms with Gasteiger partial charge in [0.25, 0.3) is 0 Å². The smallest absolute Gasteiger partial charge is 0.329 e. The van der Waals surface area contributed by atoms with E-state index in [4.69, 9.17) is 0 Å². The number of nitrogens with zero attached hydrogens (tertiary/aromatic N) is 1. The van der Waals surface area contributed by atoms with Crippen LogP contribution in [0.25, 0.3) is 0 Å².